The van der Waals surface area contributed by atoms with Gasteiger partial charge in [-0.1, -0.05) is 35.1 Å². The first-order chi connectivity index (χ1) is 18.7. The highest BCUT2D eigenvalue weighted by Crippen LogP contribution is 2.54. The third kappa shape index (κ3) is 4.41. The molecule has 1 saturated carbocycles. The van der Waals surface area contributed by atoms with Crippen LogP contribution in [0.15, 0.2) is 60.4 Å². The number of halogens is 1. The quantitative estimate of drug-likeness (QED) is 0.361. The van der Waals surface area contributed by atoms with E-state index in [0.717, 1.165) is 29.7 Å². The maximum absolute atomic E-state index is 15.7. The van der Waals surface area contributed by atoms with Crippen molar-refractivity contribution in [2.75, 3.05) is 13.6 Å². The molecule has 2 aliphatic carbocycles. The lowest BCUT2D eigenvalue weighted by Crippen LogP contribution is -2.29. The summed E-state index contributed by atoms with van der Waals surface area (Å²) in [7, 11) is 3.48. The summed E-state index contributed by atoms with van der Waals surface area (Å²) in [6.45, 7) is 2.56. The van der Waals surface area contributed by atoms with Crippen molar-refractivity contribution in [3.05, 3.63) is 88.8 Å². The molecule has 1 amide bonds. The summed E-state index contributed by atoms with van der Waals surface area (Å²) >= 11 is 0. The van der Waals surface area contributed by atoms with Crippen molar-refractivity contribution in [1.82, 2.24) is 29.7 Å². The standard InChI is InChI=1S/C29H27FN6O3/c1-16-24(23-15-35(3)33-32-23)25(16)27-22(29(38)39)13-31-36(27)19-7-4-6-18(12-19)20-8-5-9-21(26(20)30)28(37)34(2)14-17-10-11-17/h4-9,12-13,15,17,24H,10-11,14H2,1-3H3,(H,38,39)/t24-/m0/s1. The number of rotatable bonds is 8. The first-order valence-electron chi connectivity index (χ1n) is 12.8. The van der Waals surface area contributed by atoms with E-state index in [1.807, 2.05) is 13.1 Å². The summed E-state index contributed by atoms with van der Waals surface area (Å²) in [4.78, 5) is 26.7. The topological polar surface area (TPSA) is 106 Å². The number of hydrogen-bond acceptors (Lipinski definition) is 5. The molecule has 198 valence electrons. The van der Waals surface area contributed by atoms with E-state index in [4.69, 9.17) is 0 Å². The molecular weight excluding hydrogens is 499 g/mol. The van der Waals surface area contributed by atoms with Gasteiger partial charge in [0.1, 0.15) is 11.4 Å². The zero-order valence-electron chi connectivity index (χ0n) is 21.8. The molecule has 6 rings (SSSR count). The van der Waals surface area contributed by atoms with E-state index in [2.05, 4.69) is 15.4 Å². The number of hydrogen-bond donors (Lipinski definition) is 1. The fourth-order valence-electron chi connectivity index (χ4n) is 5.18. The van der Waals surface area contributed by atoms with Gasteiger partial charge in [-0.05, 0) is 55.0 Å². The van der Waals surface area contributed by atoms with Crippen LogP contribution in [-0.2, 0) is 7.05 Å². The lowest BCUT2D eigenvalue weighted by atomic mass is 10.0. The van der Waals surface area contributed by atoms with Crippen LogP contribution in [0.2, 0.25) is 0 Å². The van der Waals surface area contributed by atoms with Crippen LogP contribution in [0.1, 0.15) is 57.8 Å². The lowest BCUT2D eigenvalue weighted by Gasteiger charge is -2.18. The van der Waals surface area contributed by atoms with Gasteiger partial charge in [-0.2, -0.15) is 5.10 Å². The van der Waals surface area contributed by atoms with Crippen LogP contribution in [0.3, 0.4) is 0 Å². The van der Waals surface area contributed by atoms with E-state index in [1.54, 1.807) is 64.8 Å². The Morgan fingerprint density at radius 1 is 1.15 bits per heavy atom. The summed E-state index contributed by atoms with van der Waals surface area (Å²) in [5, 5.41) is 22.5. The molecule has 2 aromatic heterocycles. The Balaban J connectivity index is 1.37. The van der Waals surface area contributed by atoms with Crippen LogP contribution < -0.4 is 0 Å². The second-order valence-corrected chi connectivity index (χ2v) is 10.3. The number of aryl methyl sites for hydroxylation is 1. The molecule has 39 heavy (non-hydrogen) atoms. The molecule has 0 radical (unpaired) electrons. The largest absolute Gasteiger partial charge is 0.478 e. The van der Waals surface area contributed by atoms with E-state index in [9.17, 15) is 14.7 Å². The Labute approximate surface area is 224 Å². The highest BCUT2D eigenvalue weighted by Gasteiger charge is 2.42. The molecular formula is C29H27FN6O3. The molecule has 1 fully saturated rings. The monoisotopic (exact) mass is 526 g/mol. The summed E-state index contributed by atoms with van der Waals surface area (Å²) in [6.07, 6.45) is 5.33. The van der Waals surface area contributed by atoms with Crippen LogP contribution in [0.4, 0.5) is 4.39 Å². The molecule has 0 unspecified atom stereocenters. The average Bonchev–Trinajstić information content (AvgIpc) is 3.74. The zero-order chi connectivity index (χ0) is 27.4. The Bertz CT molecular complexity index is 1660. The SMILES string of the molecule is CC1=C(c2c(C(=O)O)cnn2-c2cccc(-c3cccc(C(=O)N(C)CC4CC4)c3F)c2)[C@@H]1c1cn(C)nn1. The predicted molar refractivity (Wildman–Crippen MR) is 142 cm³/mol. The highest BCUT2D eigenvalue weighted by atomic mass is 19.1. The van der Waals surface area contributed by atoms with Crippen molar-refractivity contribution < 1.29 is 19.1 Å². The fraction of sp³-hybridized carbons (Fsp3) is 0.276. The van der Waals surface area contributed by atoms with Gasteiger partial charge in [-0.15, -0.1) is 5.10 Å². The smallest absolute Gasteiger partial charge is 0.339 e. The molecule has 2 aliphatic rings. The molecule has 1 N–H and O–H groups in total. The van der Waals surface area contributed by atoms with E-state index >= 15 is 4.39 Å². The number of amides is 1. The Hall–Kier alpha value is -4.60. The molecule has 2 heterocycles. The van der Waals surface area contributed by atoms with Crippen LogP contribution in [0.25, 0.3) is 22.4 Å². The van der Waals surface area contributed by atoms with Gasteiger partial charge in [0.25, 0.3) is 5.91 Å². The van der Waals surface area contributed by atoms with E-state index < -0.39 is 11.8 Å². The molecule has 10 heteroatoms. The van der Waals surface area contributed by atoms with Gasteiger partial charge in [0.2, 0.25) is 0 Å². The average molecular weight is 527 g/mol. The highest BCUT2D eigenvalue weighted by molar-refractivity contribution is 6.00. The maximum atomic E-state index is 15.7. The van der Waals surface area contributed by atoms with Crippen molar-refractivity contribution in [3.8, 4) is 16.8 Å². The molecule has 1 atom stereocenters. The summed E-state index contributed by atoms with van der Waals surface area (Å²) in [5.41, 5.74) is 4.51. The number of aromatic nitrogens is 5. The molecule has 0 spiro atoms. The van der Waals surface area contributed by atoms with Gasteiger partial charge in [0, 0.05) is 32.4 Å². The molecule has 4 aromatic rings. The number of allylic oxidation sites excluding steroid dienone is 2. The van der Waals surface area contributed by atoms with Gasteiger partial charge < -0.3 is 10.0 Å². The first-order valence-corrected chi connectivity index (χ1v) is 12.8. The van der Waals surface area contributed by atoms with Gasteiger partial charge in [0.15, 0.2) is 0 Å². The second kappa shape index (κ2) is 9.30. The number of carbonyl (C=O) groups excluding carboxylic acids is 1. The Morgan fingerprint density at radius 3 is 2.62 bits per heavy atom. The molecule has 0 bridgehead atoms. The van der Waals surface area contributed by atoms with Crippen molar-refractivity contribution in [3.63, 3.8) is 0 Å². The minimum Gasteiger partial charge on any atom is -0.478 e. The normalized spacial score (nSPS) is 16.5. The molecule has 9 nitrogen and oxygen atoms in total. The van der Waals surface area contributed by atoms with Crippen molar-refractivity contribution in [2.45, 2.75) is 25.7 Å². The number of nitrogens with zero attached hydrogens (tertiary/aromatic N) is 6. The summed E-state index contributed by atoms with van der Waals surface area (Å²) < 4.78 is 18.9. The Morgan fingerprint density at radius 2 is 1.92 bits per heavy atom. The number of carboxylic acid groups (broad SMARTS) is 1. The Kier molecular flexibility index (Phi) is 5.90. The van der Waals surface area contributed by atoms with Gasteiger partial charge >= 0.3 is 5.97 Å². The lowest BCUT2D eigenvalue weighted by molar-refractivity contribution is 0.0695. The summed E-state index contributed by atoms with van der Waals surface area (Å²) in [5.74, 6) is -1.67. The first kappa shape index (κ1) is 24.7. The zero-order valence-corrected chi connectivity index (χ0v) is 21.8. The minimum atomic E-state index is -1.09. The van der Waals surface area contributed by atoms with Crippen LogP contribution >= 0.6 is 0 Å². The van der Waals surface area contributed by atoms with E-state index in [1.165, 1.54) is 12.3 Å². The number of benzene rings is 2. The third-order valence-corrected chi connectivity index (χ3v) is 7.44. The molecule has 0 saturated heterocycles. The van der Waals surface area contributed by atoms with E-state index in [0.29, 0.717) is 29.4 Å². The molecule has 0 aliphatic heterocycles. The minimum absolute atomic E-state index is 0.0274. The molecule has 2 aromatic carbocycles. The van der Waals surface area contributed by atoms with Gasteiger partial charge in [-0.3, -0.25) is 9.48 Å². The van der Waals surface area contributed by atoms with Crippen LogP contribution in [-0.4, -0.2) is 60.2 Å². The van der Waals surface area contributed by atoms with Gasteiger partial charge in [0.05, 0.1) is 34.8 Å². The number of carbonyl (C=O) groups is 2. The number of carboxylic acids is 1. The van der Waals surface area contributed by atoms with Crippen molar-refractivity contribution in [1.29, 1.82) is 0 Å². The predicted octanol–water partition coefficient (Wildman–Crippen LogP) is 4.56. The number of aromatic carboxylic acids is 1. The van der Waals surface area contributed by atoms with Crippen molar-refractivity contribution in [2.24, 2.45) is 13.0 Å². The maximum Gasteiger partial charge on any atom is 0.339 e. The van der Waals surface area contributed by atoms with Crippen LogP contribution in [0, 0.1) is 11.7 Å². The third-order valence-electron chi connectivity index (χ3n) is 7.44. The van der Waals surface area contributed by atoms with Crippen molar-refractivity contribution >= 4 is 17.4 Å². The van der Waals surface area contributed by atoms with Crippen LogP contribution in [0.5, 0.6) is 0 Å². The van der Waals surface area contributed by atoms with E-state index in [-0.39, 0.29) is 28.5 Å². The van der Waals surface area contributed by atoms with Gasteiger partial charge in [-0.25, -0.2) is 13.9 Å². The fourth-order valence-corrected chi connectivity index (χ4v) is 5.18. The summed E-state index contributed by atoms with van der Waals surface area (Å²) in [6, 6.07) is 11.9. The second-order valence-electron chi connectivity index (χ2n) is 10.3.